The number of H-pyrrole nitrogens is 1. The number of imidazole rings is 1. The van der Waals surface area contributed by atoms with Gasteiger partial charge in [0.2, 0.25) is 5.95 Å². The molecule has 0 bridgehead atoms. The van der Waals surface area contributed by atoms with Crippen LogP contribution in [0.5, 0.6) is 0 Å². The van der Waals surface area contributed by atoms with E-state index in [9.17, 15) is 0 Å². The maximum absolute atomic E-state index is 4.87. The summed E-state index contributed by atoms with van der Waals surface area (Å²) >= 11 is 0. The number of fused-ring (bicyclic) bond motifs is 3. The molecule has 1 aromatic heterocycles. The van der Waals surface area contributed by atoms with Gasteiger partial charge < -0.3 is 20.1 Å². The van der Waals surface area contributed by atoms with Gasteiger partial charge in [-0.2, -0.15) is 0 Å². The molecule has 0 radical (unpaired) electrons. The van der Waals surface area contributed by atoms with Crippen LogP contribution in [0.15, 0.2) is 66.7 Å². The van der Waals surface area contributed by atoms with Crippen molar-refractivity contribution in [3.8, 4) is 0 Å². The minimum Gasteiger partial charge on any atom is -0.340 e. The molecule has 1 saturated heterocycles. The Morgan fingerprint density at radius 3 is 2.23 bits per heavy atom. The zero-order valence-corrected chi connectivity index (χ0v) is 25.1. The molecule has 0 aliphatic carbocycles. The minimum absolute atomic E-state index is 0.0989. The second kappa shape index (κ2) is 9.95. The molecule has 40 heavy (non-hydrogen) atoms. The van der Waals surface area contributed by atoms with Gasteiger partial charge in [-0.05, 0) is 84.6 Å². The van der Waals surface area contributed by atoms with E-state index in [1.807, 2.05) is 0 Å². The monoisotopic (exact) mass is 535 g/mol. The molecule has 0 atom stereocenters. The number of nitrogens with one attached hydrogen (secondary N) is 2. The average Bonchev–Trinajstić information content (AvgIpc) is 3.31. The first kappa shape index (κ1) is 26.9. The normalized spacial score (nSPS) is 17.8. The topological polar surface area (TPSA) is 47.2 Å². The lowest BCUT2D eigenvalue weighted by Gasteiger charge is -2.49. The number of hydrogen-bond acceptors (Lipinski definition) is 4. The van der Waals surface area contributed by atoms with Crippen LogP contribution in [-0.4, -0.2) is 41.0 Å². The van der Waals surface area contributed by atoms with Gasteiger partial charge >= 0.3 is 0 Å². The highest BCUT2D eigenvalue weighted by Crippen LogP contribution is 2.49. The molecule has 2 aliphatic heterocycles. The molecule has 210 valence electrons. The predicted octanol–water partition coefficient (Wildman–Crippen LogP) is 8.53. The Hall–Kier alpha value is -3.31. The molecule has 3 heterocycles. The van der Waals surface area contributed by atoms with Crippen molar-refractivity contribution in [2.24, 2.45) is 5.41 Å². The summed E-state index contributed by atoms with van der Waals surface area (Å²) in [6.45, 7) is 18.4. The van der Waals surface area contributed by atoms with Crippen molar-refractivity contribution in [2.75, 3.05) is 36.4 Å². The van der Waals surface area contributed by atoms with E-state index in [4.69, 9.17) is 4.98 Å². The third-order valence-corrected chi connectivity index (χ3v) is 8.89. The van der Waals surface area contributed by atoms with Crippen LogP contribution in [-0.2, 0) is 10.8 Å². The summed E-state index contributed by atoms with van der Waals surface area (Å²) < 4.78 is 0. The standard InChI is InChI=1S/C35H45N5/c1-33(2,3)24-39-20-17-35(18-21-39)19-22-40(30-13-9-7-11-26(30)35)31-14-10-8-12-28(31)37-32-36-27-16-15-25(34(4,5)6)23-29(27)38-32/h7-16,23H,17-22,24H2,1-6H3,(H2,36,37,38). The van der Waals surface area contributed by atoms with E-state index in [-0.39, 0.29) is 10.8 Å². The van der Waals surface area contributed by atoms with Crippen molar-refractivity contribution in [3.05, 3.63) is 77.9 Å². The summed E-state index contributed by atoms with van der Waals surface area (Å²) in [6, 6.07) is 24.3. The van der Waals surface area contributed by atoms with Crippen molar-refractivity contribution >= 4 is 34.0 Å². The van der Waals surface area contributed by atoms with Gasteiger partial charge in [0.15, 0.2) is 0 Å². The highest BCUT2D eigenvalue weighted by Gasteiger charge is 2.42. The third kappa shape index (κ3) is 5.24. The first-order chi connectivity index (χ1) is 19.0. The fourth-order valence-corrected chi connectivity index (χ4v) is 6.80. The Kier molecular flexibility index (Phi) is 6.69. The highest BCUT2D eigenvalue weighted by atomic mass is 15.2. The van der Waals surface area contributed by atoms with E-state index in [2.05, 4.69) is 128 Å². The van der Waals surface area contributed by atoms with E-state index in [1.165, 1.54) is 61.4 Å². The summed E-state index contributed by atoms with van der Waals surface area (Å²) in [4.78, 5) is 13.6. The number of piperidine rings is 1. The zero-order chi connectivity index (χ0) is 28.1. The van der Waals surface area contributed by atoms with Crippen LogP contribution in [0, 0.1) is 5.41 Å². The molecule has 1 fully saturated rings. The molecule has 0 amide bonds. The van der Waals surface area contributed by atoms with Crippen molar-refractivity contribution < 1.29 is 0 Å². The number of aromatic nitrogens is 2. The molecule has 5 nitrogen and oxygen atoms in total. The molecule has 5 heteroatoms. The molecule has 0 saturated carbocycles. The van der Waals surface area contributed by atoms with Crippen molar-refractivity contribution in [1.29, 1.82) is 0 Å². The van der Waals surface area contributed by atoms with Gasteiger partial charge in [0.1, 0.15) is 0 Å². The lowest BCUT2D eigenvalue weighted by molar-refractivity contribution is 0.114. The zero-order valence-electron chi connectivity index (χ0n) is 25.1. The minimum atomic E-state index is 0.0989. The lowest BCUT2D eigenvalue weighted by Crippen LogP contribution is -2.48. The Morgan fingerprint density at radius 2 is 1.50 bits per heavy atom. The summed E-state index contributed by atoms with van der Waals surface area (Å²) in [5.41, 5.74) is 9.21. The molecule has 6 rings (SSSR count). The van der Waals surface area contributed by atoms with Crippen LogP contribution >= 0.6 is 0 Å². The van der Waals surface area contributed by atoms with Gasteiger partial charge in [-0.25, -0.2) is 4.98 Å². The Bertz CT molecular complexity index is 1490. The predicted molar refractivity (Wildman–Crippen MR) is 169 cm³/mol. The number of hydrogen-bond donors (Lipinski definition) is 2. The van der Waals surface area contributed by atoms with Crippen LogP contribution in [0.25, 0.3) is 11.0 Å². The molecule has 4 aromatic rings. The Balaban J connectivity index is 1.28. The van der Waals surface area contributed by atoms with E-state index < -0.39 is 0 Å². The fourth-order valence-electron chi connectivity index (χ4n) is 6.80. The van der Waals surface area contributed by atoms with Gasteiger partial charge in [-0.1, -0.05) is 77.9 Å². The average molecular weight is 536 g/mol. The summed E-state index contributed by atoms with van der Waals surface area (Å²) in [5, 5.41) is 3.63. The fraction of sp³-hybridized carbons (Fsp3) is 0.457. The molecular weight excluding hydrogens is 490 g/mol. The first-order valence-corrected chi connectivity index (χ1v) is 15.0. The van der Waals surface area contributed by atoms with Crippen LogP contribution in [0.4, 0.5) is 23.0 Å². The molecule has 2 N–H and O–H groups in total. The van der Waals surface area contributed by atoms with E-state index in [0.717, 1.165) is 29.2 Å². The molecule has 1 spiro atoms. The Morgan fingerprint density at radius 1 is 0.825 bits per heavy atom. The largest absolute Gasteiger partial charge is 0.340 e. The smallest absolute Gasteiger partial charge is 0.205 e. The molecule has 3 aromatic carbocycles. The number of nitrogens with zero attached hydrogens (tertiary/aromatic N) is 3. The van der Waals surface area contributed by atoms with Gasteiger partial charge in [0.25, 0.3) is 0 Å². The second-order valence-corrected chi connectivity index (χ2v) is 14.2. The molecular formula is C35H45N5. The summed E-state index contributed by atoms with van der Waals surface area (Å²) in [7, 11) is 0. The summed E-state index contributed by atoms with van der Waals surface area (Å²) in [5.74, 6) is 0.779. The van der Waals surface area contributed by atoms with Crippen LogP contribution in [0.3, 0.4) is 0 Å². The third-order valence-electron chi connectivity index (χ3n) is 8.89. The number of anilines is 4. The van der Waals surface area contributed by atoms with Crippen LogP contribution in [0.1, 0.15) is 71.9 Å². The van der Waals surface area contributed by atoms with Crippen molar-refractivity contribution in [2.45, 2.75) is 71.6 Å². The van der Waals surface area contributed by atoms with E-state index >= 15 is 0 Å². The van der Waals surface area contributed by atoms with Gasteiger partial charge in [0.05, 0.1) is 22.4 Å². The van der Waals surface area contributed by atoms with Crippen molar-refractivity contribution in [3.63, 3.8) is 0 Å². The second-order valence-electron chi connectivity index (χ2n) is 14.2. The van der Waals surface area contributed by atoms with Crippen LogP contribution in [0.2, 0.25) is 0 Å². The lowest BCUT2D eigenvalue weighted by atomic mass is 9.67. The maximum Gasteiger partial charge on any atom is 0.205 e. The first-order valence-electron chi connectivity index (χ1n) is 15.0. The number of likely N-dealkylation sites (tertiary alicyclic amines) is 1. The number of para-hydroxylation sites is 3. The highest BCUT2D eigenvalue weighted by molar-refractivity contribution is 5.84. The Labute approximate surface area is 240 Å². The van der Waals surface area contributed by atoms with Crippen molar-refractivity contribution in [1.82, 2.24) is 14.9 Å². The number of benzene rings is 3. The van der Waals surface area contributed by atoms with Gasteiger partial charge in [-0.3, -0.25) is 0 Å². The quantitative estimate of drug-likeness (QED) is 0.275. The summed E-state index contributed by atoms with van der Waals surface area (Å²) in [6.07, 6.45) is 3.66. The number of rotatable bonds is 4. The van der Waals surface area contributed by atoms with E-state index in [0.29, 0.717) is 5.41 Å². The molecule has 2 aliphatic rings. The van der Waals surface area contributed by atoms with Gasteiger partial charge in [-0.15, -0.1) is 0 Å². The SMILES string of the molecule is CC(C)(C)CN1CCC2(CC1)CCN(c1ccccc1Nc1nc3ccc(C(C)(C)C)cc3[nH]1)c1ccccc12. The van der Waals surface area contributed by atoms with Crippen LogP contribution < -0.4 is 10.2 Å². The molecule has 0 unspecified atom stereocenters. The maximum atomic E-state index is 4.87. The van der Waals surface area contributed by atoms with E-state index in [1.54, 1.807) is 0 Å². The van der Waals surface area contributed by atoms with Gasteiger partial charge in [0, 0.05) is 24.2 Å². The number of aromatic amines is 1.